The van der Waals surface area contributed by atoms with E-state index in [0.29, 0.717) is 0 Å². The molecule has 0 aliphatic carbocycles. The molecule has 0 heterocycles. The van der Waals surface area contributed by atoms with Gasteiger partial charge in [-0.3, -0.25) is 4.79 Å². The Labute approximate surface area is 118 Å². The van der Waals surface area contributed by atoms with Crippen LogP contribution >= 0.6 is 0 Å². The molecule has 2 amide bonds. The molecule has 110 valence electrons. The van der Waals surface area contributed by atoms with E-state index in [-0.39, 0.29) is 6.54 Å². The van der Waals surface area contributed by atoms with Crippen molar-refractivity contribution in [1.29, 1.82) is 0 Å². The summed E-state index contributed by atoms with van der Waals surface area (Å²) in [6.07, 6.45) is -0.585. The second kappa shape index (κ2) is 6.79. The Kier molecular flexibility index (Phi) is 5.37. The fourth-order valence-corrected chi connectivity index (χ4v) is 1.46. The van der Waals surface area contributed by atoms with Crippen molar-refractivity contribution in [3.8, 4) is 0 Å². The molecule has 0 fully saturated rings. The fraction of sp³-hybridized carbons (Fsp3) is 0.429. The maximum atomic E-state index is 11.5. The lowest BCUT2D eigenvalue weighted by Gasteiger charge is -2.21. The highest BCUT2D eigenvalue weighted by Crippen LogP contribution is 2.08. The number of para-hydroxylation sites is 1. The lowest BCUT2D eigenvalue weighted by Crippen LogP contribution is -2.46. The van der Waals surface area contributed by atoms with Crippen LogP contribution in [0.25, 0.3) is 0 Å². The Hall–Kier alpha value is -2.24. The number of carbonyl (C=O) groups excluding carboxylic acids is 2. The summed E-state index contributed by atoms with van der Waals surface area (Å²) in [7, 11) is 0. The molecule has 6 nitrogen and oxygen atoms in total. The highest BCUT2D eigenvalue weighted by molar-refractivity contribution is 5.84. The quantitative estimate of drug-likeness (QED) is 0.761. The van der Waals surface area contributed by atoms with Gasteiger partial charge >= 0.3 is 6.09 Å². The molecule has 1 atom stereocenters. The van der Waals surface area contributed by atoms with Crippen LogP contribution in [-0.4, -0.2) is 30.2 Å². The third-order valence-corrected chi connectivity index (χ3v) is 2.31. The second-order valence-corrected chi connectivity index (χ2v) is 5.35. The summed E-state index contributed by atoms with van der Waals surface area (Å²) in [5, 5.41) is 5.47. The maximum absolute atomic E-state index is 11.5. The van der Waals surface area contributed by atoms with Crippen LogP contribution in [0.2, 0.25) is 0 Å². The molecule has 1 rings (SSSR count). The number of anilines is 1. The molecule has 0 aliphatic heterocycles. The van der Waals surface area contributed by atoms with Gasteiger partial charge in [-0.05, 0) is 32.9 Å². The molecule has 0 saturated heterocycles. The van der Waals surface area contributed by atoms with E-state index in [2.05, 4.69) is 10.6 Å². The number of hydrogen-bond donors (Lipinski definition) is 3. The zero-order valence-electron chi connectivity index (χ0n) is 12.0. The van der Waals surface area contributed by atoms with Crippen LogP contribution in [0.15, 0.2) is 30.3 Å². The summed E-state index contributed by atoms with van der Waals surface area (Å²) >= 11 is 0. The first-order chi connectivity index (χ1) is 9.28. The van der Waals surface area contributed by atoms with Gasteiger partial charge in [0.05, 0.1) is 6.54 Å². The predicted molar refractivity (Wildman–Crippen MR) is 77.3 cm³/mol. The van der Waals surface area contributed by atoms with Crippen LogP contribution in [0, 0.1) is 0 Å². The van der Waals surface area contributed by atoms with Gasteiger partial charge in [-0.1, -0.05) is 18.2 Å². The van der Waals surface area contributed by atoms with Crippen molar-refractivity contribution >= 4 is 17.7 Å². The highest BCUT2D eigenvalue weighted by atomic mass is 16.6. The Morgan fingerprint density at radius 3 is 2.35 bits per heavy atom. The molecule has 0 spiro atoms. The van der Waals surface area contributed by atoms with Crippen molar-refractivity contribution in [3.63, 3.8) is 0 Å². The molecule has 1 unspecified atom stereocenters. The number of benzene rings is 1. The predicted octanol–water partition coefficient (Wildman–Crippen LogP) is 1.48. The average Bonchev–Trinajstić information content (AvgIpc) is 2.33. The number of hydrogen-bond acceptors (Lipinski definition) is 4. The van der Waals surface area contributed by atoms with Gasteiger partial charge in [0, 0.05) is 5.69 Å². The molecule has 20 heavy (non-hydrogen) atoms. The first-order valence-electron chi connectivity index (χ1n) is 6.36. The SMILES string of the molecule is CC(C)(C)OC(=O)NCC(Nc1ccccc1)C(N)=O. The molecule has 0 saturated carbocycles. The normalized spacial score (nSPS) is 12.3. The smallest absolute Gasteiger partial charge is 0.407 e. The minimum Gasteiger partial charge on any atom is -0.444 e. The lowest BCUT2D eigenvalue weighted by molar-refractivity contribution is -0.118. The second-order valence-electron chi connectivity index (χ2n) is 5.35. The van der Waals surface area contributed by atoms with Crippen LogP contribution < -0.4 is 16.4 Å². The first kappa shape index (κ1) is 15.8. The zero-order valence-corrected chi connectivity index (χ0v) is 12.0. The number of ether oxygens (including phenoxy) is 1. The zero-order chi connectivity index (χ0) is 15.2. The number of primary amides is 1. The Bertz CT molecular complexity index is 454. The number of amides is 2. The van der Waals surface area contributed by atoms with Crippen molar-refractivity contribution in [3.05, 3.63) is 30.3 Å². The molecule has 0 radical (unpaired) electrons. The van der Waals surface area contributed by atoms with Gasteiger partial charge in [0.2, 0.25) is 5.91 Å². The van der Waals surface area contributed by atoms with E-state index >= 15 is 0 Å². The molecule has 0 bridgehead atoms. The molecule has 6 heteroatoms. The van der Waals surface area contributed by atoms with Crippen LogP contribution in [0.3, 0.4) is 0 Å². The maximum Gasteiger partial charge on any atom is 0.407 e. The van der Waals surface area contributed by atoms with Crippen molar-refractivity contribution in [2.75, 3.05) is 11.9 Å². The van der Waals surface area contributed by atoms with Crippen molar-refractivity contribution < 1.29 is 14.3 Å². The molecular formula is C14H21N3O3. The van der Waals surface area contributed by atoms with E-state index in [1.54, 1.807) is 20.8 Å². The fourth-order valence-electron chi connectivity index (χ4n) is 1.46. The number of alkyl carbamates (subject to hydrolysis) is 1. The number of nitrogens with one attached hydrogen (secondary N) is 2. The van der Waals surface area contributed by atoms with E-state index in [0.717, 1.165) is 5.69 Å². The molecule has 4 N–H and O–H groups in total. The van der Waals surface area contributed by atoms with Gasteiger partial charge < -0.3 is 21.1 Å². The third-order valence-electron chi connectivity index (χ3n) is 2.31. The van der Waals surface area contributed by atoms with Crippen molar-refractivity contribution in [2.45, 2.75) is 32.4 Å². The topological polar surface area (TPSA) is 93.4 Å². The number of rotatable bonds is 5. The first-order valence-corrected chi connectivity index (χ1v) is 6.36. The van der Waals surface area contributed by atoms with E-state index in [1.165, 1.54) is 0 Å². The number of carbonyl (C=O) groups is 2. The van der Waals surface area contributed by atoms with Gasteiger partial charge in [-0.2, -0.15) is 0 Å². The third kappa shape index (κ3) is 6.08. The van der Waals surface area contributed by atoms with Crippen LogP contribution in [0.5, 0.6) is 0 Å². The monoisotopic (exact) mass is 279 g/mol. The Balaban J connectivity index is 2.52. The van der Waals surface area contributed by atoms with E-state index < -0.39 is 23.6 Å². The summed E-state index contributed by atoms with van der Waals surface area (Å²) < 4.78 is 5.09. The van der Waals surface area contributed by atoms with Gasteiger partial charge in [0.1, 0.15) is 11.6 Å². The highest BCUT2D eigenvalue weighted by Gasteiger charge is 2.19. The standard InChI is InChI=1S/C14H21N3O3/c1-14(2,3)20-13(19)16-9-11(12(15)18)17-10-7-5-4-6-8-10/h4-8,11,17H,9H2,1-3H3,(H2,15,18)(H,16,19). The largest absolute Gasteiger partial charge is 0.444 e. The Morgan fingerprint density at radius 1 is 1.25 bits per heavy atom. The molecule has 1 aromatic carbocycles. The average molecular weight is 279 g/mol. The van der Waals surface area contributed by atoms with Gasteiger partial charge in [0.15, 0.2) is 0 Å². The van der Waals surface area contributed by atoms with Crippen molar-refractivity contribution in [2.24, 2.45) is 5.73 Å². The van der Waals surface area contributed by atoms with E-state index in [9.17, 15) is 9.59 Å². The molecule has 1 aromatic rings. The minimum absolute atomic E-state index is 0.0547. The molecule has 0 aromatic heterocycles. The van der Waals surface area contributed by atoms with Gasteiger partial charge in [-0.15, -0.1) is 0 Å². The summed E-state index contributed by atoms with van der Waals surface area (Å²) in [6, 6.07) is 8.45. The van der Waals surface area contributed by atoms with Crippen LogP contribution in [0.4, 0.5) is 10.5 Å². The summed E-state index contributed by atoms with van der Waals surface area (Å²) in [5.41, 5.74) is 5.47. The minimum atomic E-state index is -0.704. The summed E-state index contributed by atoms with van der Waals surface area (Å²) in [5.74, 6) is -0.551. The number of nitrogens with two attached hydrogens (primary N) is 1. The summed E-state index contributed by atoms with van der Waals surface area (Å²) in [6.45, 7) is 5.35. The molecule has 0 aliphatic rings. The van der Waals surface area contributed by atoms with E-state index in [4.69, 9.17) is 10.5 Å². The van der Waals surface area contributed by atoms with E-state index in [1.807, 2.05) is 30.3 Å². The van der Waals surface area contributed by atoms with Crippen LogP contribution in [-0.2, 0) is 9.53 Å². The van der Waals surface area contributed by atoms with Gasteiger partial charge in [-0.25, -0.2) is 4.79 Å². The summed E-state index contributed by atoms with van der Waals surface area (Å²) in [4.78, 5) is 22.9. The lowest BCUT2D eigenvalue weighted by atomic mass is 10.2. The van der Waals surface area contributed by atoms with Gasteiger partial charge in [0.25, 0.3) is 0 Å². The molecular weight excluding hydrogens is 258 g/mol. The Morgan fingerprint density at radius 2 is 1.85 bits per heavy atom. The van der Waals surface area contributed by atoms with Crippen molar-refractivity contribution in [1.82, 2.24) is 5.32 Å². The van der Waals surface area contributed by atoms with Crippen LogP contribution in [0.1, 0.15) is 20.8 Å².